The highest BCUT2D eigenvalue weighted by molar-refractivity contribution is 7.09. The lowest BCUT2D eigenvalue weighted by molar-refractivity contribution is -0.390. The monoisotopic (exact) mass is 294 g/mol. The predicted molar refractivity (Wildman–Crippen MR) is 76.4 cm³/mol. The van der Waals surface area contributed by atoms with E-state index in [4.69, 9.17) is 0 Å². The van der Waals surface area contributed by atoms with Gasteiger partial charge in [0.2, 0.25) is 5.75 Å². The quantitative estimate of drug-likeness (QED) is 0.672. The van der Waals surface area contributed by atoms with Crippen LogP contribution in [-0.2, 0) is 0 Å². The van der Waals surface area contributed by atoms with Gasteiger partial charge in [-0.1, -0.05) is 6.92 Å². The molecule has 2 aromatic heterocycles. The van der Waals surface area contributed by atoms with E-state index >= 15 is 0 Å². The Morgan fingerprint density at radius 1 is 1.55 bits per heavy atom. The first-order valence-electron chi connectivity index (χ1n) is 5.93. The Morgan fingerprint density at radius 3 is 2.85 bits per heavy atom. The largest absolute Gasteiger partial charge is 0.501 e. The molecule has 8 heteroatoms. The van der Waals surface area contributed by atoms with Crippen LogP contribution in [-0.4, -0.2) is 33.6 Å². The average Bonchev–Trinajstić information content (AvgIpc) is 2.91. The van der Waals surface area contributed by atoms with E-state index in [2.05, 4.69) is 9.97 Å². The van der Waals surface area contributed by atoms with Crippen LogP contribution in [0.3, 0.4) is 0 Å². The van der Waals surface area contributed by atoms with Gasteiger partial charge in [0.25, 0.3) is 0 Å². The molecule has 0 spiro atoms. The van der Waals surface area contributed by atoms with Gasteiger partial charge in [-0.25, -0.2) is 4.98 Å². The summed E-state index contributed by atoms with van der Waals surface area (Å²) >= 11 is 1.59. The summed E-state index contributed by atoms with van der Waals surface area (Å²) in [5, 5.41) is 23.1. The smallest absolute Gasteiger partial charge is 0.406 e. The number of hydrogen-bond donors (Lipinski definition) is 1. The SMILES string of the molecule is CC(CN(C)c1cnc([N+](=O)[O-])c(O)c1)c1nccs1. The number of likely N-dealkylation sites (N-methyl/N-ethyl adjacent to an activating group) is 1. The van der Waals surface area contributed by atoms with Crippen LogP contribution >= 0.6 is 11.3 Å². The molecule has 1 N–H and O–H groups in total. The number of nitro groups is 1. The van der Waals surface area contributed by atoms with E-state index in [-0.39, 0.29) is 5.92 Å². The Labute approximate surface area is 119 Å². The molecule has 0 aliphatic rings. The van der Waals surface area contributed by atoms with Gasteiger partial charge < -0.3 is 20.1 Å². The van der Waals surface area contributed by atoms with Crippen LogP contribution < -0.4 is 4.90 Å². The fourth-order valence-electron chi connectivity index (χ4n) is 1.86. The maximum Gasteiger partial charge on any atom is 0.406 e. The van der Waals surface area contributed by atoms with Crippen molar-refractivity contribution in [3.8, 4) is 5.75 Å². The van der Waals surface area contributed by atoms with Crippen LogP contribution in [0.4, 0.5) is 11.5 Å². The third kappa shape index (κ3) is 3.02. The standard InChI is InChI=1S/C12H14N4O3S/c1-8(12-13-3-4-20-12)7-15(2)9-5-10(17)11(14-6-9)16(18)19/h3-6,8,17H,7H2,1-2H3. The van der Waals surface area contributed by atoms with E-state index in [1.54, 1.807) is 17.5 Å². The molecule has 0 amide bonds. The first kappa shape index (κ1) is 14.2. The van der Waals surface area contributed by atoms with E-state index in [0.717, 1.165) is 5.01 Å². The molecule has 0 saturated carbocycles. The molecule has 1 unspecified atom stereocenters. The number of aromatic hydroxyl groups is 1. The highest BCUT2D eigenvalue weighted by Gasteiger charge is 2.18. The number of rotatable bonds is 5. The number of hydrogen-bond acceptors (Lipinski definition) is 7. The van der Waals surface area contributed by atoms with Crippen LogP contribution in [0, 0.1) is 10.1 Å². The Morgan fingerprint density at radius 2 is 2.30 bits per heavy atom. The molecule has 2 heterocycles. The third-order valence-corrected chi connectivity index (χ3v) is 3.87. The maximum atomic E-state index is 10.6. The summed E-state index contributed by atoms with van der Waals surface area (Å²) in [6.45, 7) is 2.72. The molecule has 0 aromatic carbocycles. The summed E-state index contributed by atoms with van der Waals surface area (Å²) in [4.78, 5) is 19.7. The zero-order valence-corrected chi connectivity index (χ0v) is 11.9. The van der Waals surface area contributed by atoms with E-state index in [0.29, 0.717) is 12.2 Å². The van der Waals surface area contributed by atoms with Crippen LogP contribution in [0.1, 0.15) is 17.8 Å². The second-order valence-electron chi connectivity index (χ2n) is 4.45. The van der Waals surface area contributed by atoms with Gasteiger partial charge in [-0.15, -0.1) is 11.3 Å². The lowest BCUT2D eigenvalue weighted by atomic mass is 10.2. The molecule has 20 heavy (non-hydrogen) atoms. The number of anilines is 1. The van der Waals surface area contributed by atoms with Gasteiger partial charge in [-0.3, -0.25) is 0 Å². The Balaban J connectivity index is 2.11. The molecular formula is C12H14N4O3S. The van der Waals surface area contributed by atoms with Crippen LogP contribution in [0.2, 0.25) is 0 Å². The van der Waals surface area contributed by atoms with Crippen molar-refractivity contribution in [2.24, 2.45) is 0 Å². The molecule has 2 aromatic rings. The second-order valence-corrected chi connectivity index (χ2v) is 5.37. The number of thiazole rings is 1. The van der Waals surface area contributed by atoms with E-state index in [9.17, 15) is 15.2 Å². The fraction of sp³-hybridized carbons (Fsp3) is 0.333. The van der Waals surface area contributed by atoms with Gasteiger partial charge in [0.1, 0.15) is 0 Å². The Hall–Kier alpha value is -2.22. The molecule has 0 fully saturated rings. The molecule has 0 radical (unpaired) electrons. The predicted octanol–water partition coefficient (Wildman–Crippen LogP) is 2.39. The van der Waals surface area contributed by atoms with Crippen molar-refractivity contribution >= 4 is 22.8 Å². The van der Waals surface area contributed by atoms with E-state index in [1.165, 1.54) is 12.3 Å². The first-order valence-corrected chi connectivity index (χ1v) is 6.81. The maximum absolute atomic E-state index is 10.6. The molecule has 1 atom stereocenters. The number of nitrogens with zero attached hydrogens (tertiary/aromatic N) is 4. The van der Waals surface area contributed by atoms with Gasteiger partial charge >= 0.3 is 5.82 Å². The second kappa shape index (κ2) is 5.83. The van der Waals surface area contributed by atoms with Gasteiger partial charge in [0.15, 0.2) is 6.20 Å². The Bertz CT molecular complexity index is 603. The van der Waals surface area contributed by atoms with Crippen molar-refractivity contribution in [3.05, 3.63) is 39.0 Å². The molecule has 0 saturated heterocycles. The number of pyridine rings is 1. The molecule has 2 rings (SSSR count). The summed E-state index contributed by atoms with van der Waals surface area (Å²) in [5.74, 6) is -0.742. The van der Waals surface area contributed by atoms with Crippen molar-refractivity contribution in [2.75, 3.05) is 18.5 Å². The minimum absolute atomic E-state index is 0.220. The summed E-state index contributed by atoms with van der Waals surface area (Å²) in [7, 11) is 1.84. The first-order chi connectivity index (χ1) is 9.49. The van der Waals surface area contributed by atoms with Crippen LogP contribution in [0.15, 0.2) is 23.8 Å². The summed E-state index contributed by atoms with van der Waals surface area (Å²) in [6, 6.07) is 1.35. The highest BCUT2D eigenvalue weighted by atomic mass is 32.1. The molecule has 0 bridgehead atoms. The Kier molecular flexibility index (Phi) is 4.14. The molecule has 106 valence electrons. The topological polar surface area (TPSA) is 92.4 Å². The van der Waals surface area contributed by atoms with Crippen molar-refractivity contribution in [3.63, 3.8) is 0 Å². The minimum Gasteiger partial charge on any atom is -0.501 e. The van der Waals surface area contributed by atoms with Crippen molar-refractivity contribution in [2.45, 2.75) is 12.8 Å². The van der Waals surface area contributed by atoms with Gasteiger partial charge in [0.05, 0.1) is 10.7 Å². The molecule has 7 nitrogen and oxygen atoms in total. The molecule has 0 aliphatic carbocycles. The molecular weight excluding hydrogens is 280 g/mol. The summed E-state index contributed by atoms with van der Waals surface area (Å²) in [5.41, 5.74) is 0.622. The minimum atomic E-state index is -0.711. The van der Waals surface area contributed by atoms with Crippen LogP contribution in [0.5, 0.6) is 5.75 Å². The van der Waals surface area contributed by atoms with Gasteiger partial charge in [-0.05, 0) is 9.91 Å². The number of aromatic nitrogens is 2. The third-order valence-electron chi connectivity index (χ3n) is 2.87. The normalized spacial score (nSPS) is 12.1. The van der Waals surface area contributed by atoms with Crippen molar-refractivity contribution < 1.29 is 10.0 Å². The molecule has 0 aliphatic heterocycles. The van der Waals surface area contributed by atoms with Gasteiger partial charge in [0, 0.05) is 37.2 Å². The summed E-state index contributed by atoms with van der Waals surface area (Å²) < 4.78 is 0. The zero-order valence-electron chi connectivity index (χ0n) is 11.1. The lowest BCUT2D eigenvalue weighted by Crippen LogP contribution is -2.23. The van der Waals surface area contributed by atoms with Crippen molar-refractivity contribution in [1.29, 1.82) is 0 Å². The average molecular weight is 294 g/mol. The zero-order chi connectivity index (χ0) is 14.7. The summed E-state index contributed by atoms with van der Waals surface area (Å²) in [6.07, 6.45) is 3.14. The van der Waals surface area contributed by atoms with E-state index in [1.807, 2.05) is 24.3 Å². The lowest BCUT2D eigenvalue weighted by Gasteiger charge is -2.21. The van der Waals surface area contributed by atoms with Crippen LogP contribution in [0.25, 0.3) is 0 Å². The van der Waals surface area contributed by atoms with Crippen molar-refractivity contribution in [1.82, 2.24) is 9.97 Å². The van der Waals surface area contributed by atoms with Gasteiger partial charge in [-0.2, -0.15) is 0 Å². The fourth-order valence-corrected chi connectivity index (χ4v) is 2.55. The highest BCUT2D eigenvalue weighted by Crippen LogP contribution is 2.28. The van der Waals surface area contributed by atoms with E-state index < -0.39 is 16.5 Å².